The predicted molar refractivity (Wildman–Crippen MR) is 251 cm³/mol. The van der Waals surface area contributed by atoms with Crippen molar-refractivity contribution in [3.63, 3.8) is 0 Å². The molecule has 0 saturated heterocycles. The van der Waals surface area contributed by atoms with E-state index in [1.54, 1.807) is 0 Å². The maximum atomic E-state index is 7.80. The standard InChI is InChI=1S/C51H22B4N4O2/c52-51(53,54)39-27-12-3-6-19-32(27)58-47-45-38(29-16-8-14-26-24-11-2-5-18-31(24)57(45)44(26)29)49-42-46(47)59(50(39)58)33-20-9-21-35-40(33)55(42)41-36(60-35)22-34-37(48(41)61-49)28-15-7-13-25-23-10-1-4-17-30(23)56(34)43(25)28/h1-22H. The Labute approximate surface area is 349 Å². The molecule has 6 radical (unpaired) electrons. The minimum Gasteiger partial charge on any atom is -0.458 e. The van der Waals surface area contributed by atoms with E-state index in [-0.39, 0.29) is 6.71 Å². The van der Waals surface area contributed by atoms with E-state index < -0.39 is 5.11 Å². The van der Waals surface area contributed by atoms with Gasteiger partial charge in [0.1, 0.15) is 28.6 Å². The Morgan fingerprint density at radius 2 is 1.02 bits per heavy atom. The highest BCUT2D eigenvalue weighted by atomic mass is 16.5. The zero-order valence-corrected chi connectivity index (χ0v) is 32.1. The van der Waals surface area contributed by atoms with Crippen LogP contribution in [-0.4, -0.2) is 48.0 Å². The number of hydrogen-bond acceptors (Lipinski definition) is 2. The number of aromatic nitrogens is 4. The van der Waals surface area contributed by atoms with Crippen molar-refractivity contribution in [2.45, 2.75) is 5.11 Å². The summed E-state index contributed by atoms with van der Waals surface area (Å²) in [6.45, 7) is -0.196. The fourth-order valence-electron chi connectivity index (χ4n) is 12.6. The van der Waals surface area contributed by atoms with Gasteiger partial charge in [-0.15, -0.1) is 5.11 Å². The van der Waals surface area contributed by atoms with Crippen molar-refractivity contribution in [1.29, 1.82) is 0 Å². The minimum absolute atomic E-state index is 0.196. The molecule has 14 aromatic rings. The van der Waals surface area contributed by atoms with Crippen LogP contribution in [0, 0.1) is 0 Å². The molecule has 3 aliphatic rings. The van der Waals surface area contributed by atoms with Gasteiger partial charge >= 0.3 is 0 Å². The van der Waals surface area contributed by atoms with Gasteiger partial charge in [0, 0.05) is 60.4 Å². The van der Waals surface area contributed by atoms with Crippen molar-refractivity contribution >= 4 is 150 Å². The van der Waals surface area contributed by atoms with Crippen molar-refractivity contribution in [2.24, 2.45) is 0 Å². The lowest BCUT2D eigenvalue weighted by Gasteiger charge is -2.38. The van der Waals surface area contributed by atoms with E-state index in [9.17, 15) is 0 Å². The number of hydrogen-bond donors (Lipinski definition) is 0. The van der Waals surface area contributed by atoms with Crippen LogP contribution in [0.3, 0.4) is 0 Å². The van der Waals surface area contributed by atoms with Crippen molar-refractivity contribution in [1.82, 2.24) is 17.8 Å². The number of rotatable bonds is 1. The predicted octanol–water partition coefficient (Wildman–Crippen LogP) is 8.99. The summed E-state index contributed by atoms with van der Waals surface area (Å²) in [5.74, 6) is 3.34. The Bertz CT molecular complexity index is 4470. The Morgan fingerprint density at radius 1 is 0.426 bits per heavy atom. The van der Waals surface area contributed by atoms with Gasteiger partial charge in [0.25, 0.3) is 6.71 Å². The number of nitrogens with zero attached hydrogens (tertiary/aromatic N) is 4. The molecule has 0 spiro atoms. The molecule has 17 rings (SSSR count). The Kier molecular flexibility index (Phi) is 4.74. The summed E-state index contributed by atoms with van der Waals surface area (Å²) < 4.78 is 24.5. The van der Waals surface area contributed by atoms with Crippen LogP contribution in [0.2, 0.25) is 0 Å². The summed E-state index contributed by atoms with van der Waals surface area (Å²) in [6.07, 6.45) is 0. The highest BCUT2D eigenvalue weighted by Crippen LogP contribution is 2.54. The highest BCUT2D eigenvalue weighted by Gasteiger charge is 2.50. The highest BCUT2D eigenvalue weighted by molar-refractivity contribution is 7.01. The summed E-state index contributed by atoms with van der Waals surface area (Å²) in [7, 11) is 20.6. The molecule has 6 aromatic heterocycles. The topological polar surface area (TPSA) is 36.6 Å². The average Bonchev–Trinajstić information content (AvgIpc) is 4.11. The van der Waals surface area contributed by atoms with Gasteiger partial charge in [0.05, 0.1) is 84.0 Å². The molecule has 0 bridgehead atoms. The molecule has 0 N–H and O–H groups in total. The molecular formula is C51H22B4N4O2. The first-order valence-electron chi connectivity index (χ1n) is 20.8. The minimum atomic E-state index is -1.66. The van der Waals surface area contributed by atoms with Crippen LogP contribution in [0.25, 0.3) is 109 Å². The number of benzene rings is 8. The summed E-state index contributed by atoms with van der Waals surface area (Å²) in [6, 6.07) is 47.8. The van der Waals surface area contributed by atoms with Crippen LogP contribution in [0.5, 0.6) is 23.0 Å². The largest absolute Gasteiger partial charge is 0.458 e. The van der Waals surface area contributed by atoms with Gasteiger partial charge in [0.2, 0.25) is 0 Å². The normalized spacial score (nSPS) is 14.3. The first kappa shape index (κ1) is 30.6. The van der Waals surface area contributed by atoms with Crippen LogP contribution in [0.4, 0.5) is 0 Å². The van der Waals surface area contributed by atoms with Crippen molar-refractivity contribution < 1.29 is 9.47 Å². The molecule has 3 aliphatic heterocycles. The van der Waals surface area contributed by atoms with Crippen molar-refractivity contribution in [3.8, 4) is 28.7 Å². The van der Waals surface area contributed by atoms with Crippen LogP contribution < -0.4 is 25.9 Å². The fraction of sp³-hybridized carbons (Fsp3) is 0.0196. The Balaban J connectivity index is 1.18. The van der Waals surface area contributed by atoms with E-state index in [4.69, 9.17) is 33.0 Å². The molecule has 9 heterocycles. The van der Waals surface area contributed by atoms with E-state index in [0.717, 1.165) is 116 Å². The number of ether oxygens (including phenoxy) is 2. The lowest BCUT2D eigenvalue weighted by molar-refractivity contribution is 0.470. The van der Waals surface area contributed by atoms with Gasteiger partial charge in [-0.1, -0.05) is 97.1 Å². The van der Waals surface area contributed by atoms with Gasteiger partial charge in [-0.05, 0) is 41.4 Å². The maximum absolute atomic E-state index is 7.80. The van der Waals surface area contributed by atoms with Gasteiger partial charge < -0.3 is 18.3 Å². The SMILES string of the molecule is [B]C([B])([B])c1c2ccccc2n2c3c4c5c(c6c7cccc8c9ccccc9n(c87)c63)Oc3c6c(cc7c3c3cccc8c9ccccc9n7c83)Oc3cccc(c3B65)-n4c12. The third-order valence-electron chi connectivity index (χ3n) is 14.6. The van der Waals surface area contributed by atoms with E-state index in [2.05, 4.69) is 145 Å². The smallest absolute Gasteiger partial charge is 0.266 e. The molecule has 0 unspecified atom stereocenters. The van der Waals surface area contributed by atoms with Gasteiger partial charge in [-0.25, -0.2) is 0 Å². The Morgan fingerprint density at radius 3 is 1.75 bits per heavy atom. The Hall–Kier alpha value is -7.44. The van der Waals surface area contributed by atoms with E-state index >= 15 is 0 Å². The third kappa shape index (κ3) is 3.06. The van der Waals surface area contributed by atoms with E-state index in [1.165, 1.54) is 32.6 Å². The molecular weight excluding hydrogens is 744 g/mol. The van der Waals surface area contributed by atoms with Gasteiger partial charge in [0.15, 0.2) is 0 Å². The second-order valence-corrected chi connectivity index (χ2v) is 17.4. The van der Waals surface area contributed by atoms with Gasteiger partial charge in [-0.3, -0.25) is 8.97 Å². The molecule has 61 heavy (non-hydrogen) atoms. The maximum Gasteiger partial charge on any atom is 0.266 e. The van der Waals surface area contributed by atoms with Gasteiger partial charge in [-0.2, -0.15) is 0 Å². The van der Waals surface area contributed by atoms with Crippen molar-refractivity contribution in [3.05, 3.63) is 139 Å². The zero-order chi connectivity index (χ0) is 39.5. The summed E-state index contributed by atoms with van der Waals surface area (Å²) in [4.78, 5) is 0. The summed E-state index contributed by atoms with van der Waals surface area (Å²) in [5.41, 5.74) is 15.6. The molecule has 270 valence electrons. The lowest BCUT2D eigenvalue weighted by Crippen LogP contribution is -2.60. The van der Waals surface area contributed by atoms with Crippen LogP contribution in [0.1, 0.15) is 5.56 Å². The van der Waals surface area contributed by atoms with Crippen LogP contribution in [-0.2, 0) is 5.11 Å². The van der Waals surface area contributed by atoms with E-state index in [0.29, 0.717) is 5.56 Å². The second kappa shape index (κ2) is 9.46. The van der Waals surface area contributed by atoms with Crippen molar-refractivity contribution in [2.75, 3.05) is 0 Å². The molecule has 0 fully saturated rings. The van der Waals surface area contributed by atoms with Crippen LogP contribution >= 0.6 is 0 Å². The molecule has 0 amide bonds. The number of imidazole rings is 1. The molecule has 0 saturated carbocycles. The molecule has 0 aliphatic carbocycles. The number of para-hydroxylation sites is 5. The summed E-state index contributed by atoms with van der Waals surface area (Å²) >= 11 is 0. The average molecular weight is 766 g/mol. The molecule has 10 heteroatoms. The molecule has 6 nitrogen and oxygen atoms in total. The first-order chi connectivity index (χ1) is 30.0. The first-order valence-corrected chi connectivity index (χ1v) is 20.8. The number of fused-ring (bicyclic) bond motifs is 21. The second-order valence-electron chi connectivity index (χ2n) is 17.4. The summed E-state index contributed by atoms with van der Waals surface area (Å²) in [5, 5.41) is 8.58. The fourth-order valence-corrected chi connectivity index (χ4v) is 12.6. The quantitative estimate of drug-likeness (QED) is 0.157. The lowest BCUT2D eigenvalue weighted by atomic mass is 9.33. The third-order valence-corrected chi connectivity index (χ3v) is 14.6. The van der Waals surface area contributed by atoms with E-state index in [1.807, 2.05) is 6.07 Å². The zero-order valence-electron chi connectivity index (χ0n) is 32.1. The molecule has 8 aromatic carbocycles. The molecule has 0 atom stereocenters. The monoisotopic (exact) mass is 766 g/mol. The van der Waals surface area contributed by atoms with Crippen LogP contribution in [0.15, 0.2) is 133 Å².